The van der Waals surface area contributed by atoms with Crippen molar-refractivity contribution in [1.82, 2.24) is 20.0 Å². The van der Waals surface area contributed by atoms with E-state index in [-0.39, 0.29) is 5.69 Å². The van der Waals surface area contributed by atoms with Gasteiger partial charge in [0.15, 0.2) is 5.69 Å². The number of carboxylic acid groups (broad SMARTS) is 1. The molecule has 0 unspecified atom stereocenters. The number of nitrogens with zero attached hydrogens (tertiary/aromatic N) is 4. The summed E-state index contributed by atoms with van der Waals surface area (Å²) >= 11 is 0. The average molecular weight is 254 g/mol. The number of pyridine rings is 1. The van der Waals surface area contributed by atoms with E-state index >= 15 is 0 Å². The zero-order chi connectivity index (χ0) is 13.4. The first-order chi connectivity index (χ1) is 9.16. The Labute approximate surface area is 108 Å². The summed E-state index contributed by atoms with van der Waals surface area (Å²) in [6.07, 6.45) is 1.70. The molecule has 6 heteroatoms. The van der Waals surface area contributed by atoms with E-state index in [2.05, 4.69) is 15.2 Å². The monoisotopic (exact) mass is 254 g/mol. The molecule has 2 aromatic heterocycles. The molecule has 1 N–H and O–H groups in total. The summed E-state index contributed by atoms with van der Waals surface area (Å²) in [4.78, 5) is 16.6. The summed E-state index contributed by atoms with van der Waals surface area (Å²) in [6.45, 7) is 1.62. The molecule has 1 aromatic carbocycles. The first kappa shape index (κ1) is 11.3. The van der Waals surface area contributed by atoms with Gasteiger partial charge in [0, 0.05) is 11.6 Å². The minimum Gasteiger partial charge on any atom is -0.476 e. The molecule has 0 fully saturated rings. The maximum atomic E-state index is 11.0. The number of rotatable bonds is 2. The molecule has 0 aliphatic carbocycles. The molecular formula is C13H10N4O2. The summed E-state index contributed by atoms with van der Waals surface area (Å²) in [5.41, 5.74) is 1.86. The maximum absolute atomic E-state index is 11.0. The van der Waals surface area contributed by atoms with Gasteiger partial charge in [-0.15, -0.1) is 9.90 Å². The second-order valence-corrected chi connectivity index (χ2v) is 4.08. The summed E-state index contributed by atoms with van der Waals surface area (Å²) in [5, 5.41) is 18.0. The summed E-state index contributed by atoms with van der Waals surface area (Å²) < 4.78 is 0. The zero-order valence-electron chi connectivity index (χ0n) is 10.1. The molecule has 94 valence electrons. The summed E-state index contributed by atoms with van der Waals surface area (Å²) in [7, 11) is 0. The predicted octanol–water partition coefficient (Wildman–Crippen LogP) is 1.82. The van der Waals surface area contributed by atoms with Crippen LogP contribution < -0.4 is 0 Å². The van der Waals surface area contributed by atoms with Gasteiger partial charge >= 0.3 is 5.97 Å². The standard InChI is InChI=1S/C13H10N4O2/c1-8-12(13(18)19)16-17(15-8)11-6-2-5-10-9(11)4-3-7-14-10/h2-7H,1H3,(H,18,19). The van der Waals surface area contributed by atoms with Crippen LogP contribution in [0.25, 0.3) is 16.6 Å². The van der Waals surface area contributed by atoms with E-state index in [9.17, 15) is 4.79 Å². The van der Waals surface area contributed by atoms with Gasteiger partial charge in [-0.1, -0.05) is 6.07 Å². The van der Waals surface area contributed by atoms with Crippen molar-refractivity contribution in [3.05, 3.63) is 47.9 Å². The van der Waals surface area contributed by atoms with E-state index in [0.29, 0.717) is 11.4 Å². The molecule has 19 heavy (non-hydrogen) atoms. The number of carboxylic acids is 1. The van der Waals surface area contributed by atoms with E-state index in [0.717, 1.165) is 10.9 Å². The van der Waals surface area contributed by atoms with Crippen LogP contribution in [0.4, 0.5) is 0 Å². The third kappa shape index (κ3) is 1.83. The predicted molar refractivity (Wildman–Crippen MR) is 68.4 cm³/mol. The van der Waals surface area contributed by atoms with Crippen molar-refractivity contribution in [1.29, 1.82) is 0 Å². The lowest BCUT2D eigenvalue weighted by Gasteiger charge is -2.03. The fourth-order valence-corrected chi connectivity index (χ4v) is 1.95. The SMILES string of the molecule is Cc1nn(-c2cccc3ncccc23)nc1C(=O)O. The van der Waals surface area contributed by atoms with Crippen LogP contribution >= 0.6 is 0 Å². The number of aryl methyl sites for hydroxylation is 1. The Bertz CT molecular complexity index is 774. The molecule has 0 radical (unpaired) electrons. The number of aromatic nitrogens is 4. The fourth-order valence-electron chi connectivity index (χ4n) is 1.95. The van der Waals surface area contributed by atoms with Crippen LogP contribution in [0.3, 0.4) is 0 Å². The van der Waals surface area contributed by atoms with Crippen LogP contribution in [-0.4, -0.2) is 31.1 Å². The van der Waals surface area contributed by atoms with Crippen molar-refractivity contribution in [2.24, 2.45) is 0 Å². The van der Waals surface area contributed by atoms with Crippen molar-refractivity contribution >= 4 is 16.9 Å². The molecule has 0 aliphatic rings. The van der Waals surface area contributed by atoms with Gasteiger partial charge in [0.1, 0.15) is 0 Å². The molecule has 0 atom stereocenters. The van der Waals surface area contributed by atoms with Gasteiger partial charge in [-0.3, -0.25) is 4.98 Å². The van der Waals surface area contributed by atoms with E-state index in [1.54, 1.807) is 13.1 Å². The lowest BCUT2D eigenvalue weighted by Crippen LogP contribution is -2.03. The Morgan fingerprint density at radius 3 is 2.79 bits per heavy atom. The van der Waals surface area contributed by atoms with Crippen molar-refractivity contribution in [2.45, 2.75) is 6.92 Å². The molecular weight excluding hydrogens is 244 g/mol. The van der Waals surface area contributed by atoms with Crippen molar-refractivity contribution in [3.8, 4) is 5.69 Å². The highest BCUT2D eigenvalue weighted by molar-refractivity contribution is 5.88. The van der Waals surface area contributed by atoms with E-state index in [1.165, 1.54) is 4.80 Å². The van der Waals surface area contributed by atoms with Gasteiger partial charge in [0.25, 0.3) is 0 Å². The van der Waals surface area contributed by atoms with Crippen LogP contribution in [0.5, 0.6) is 0 Å². The largest absolute Gasteiger partial charge is 0.476 e. The second-order valence-electron chi connectivity index (χ2n) is 4.08. The van der Waals surface area contributed by atoms with Crippen molar-refractivity contribution in [3.63, 3.8) is 0 Å². The molecule has 0 amide bonds. The van der Waals surface area contributed by atoms with Crippen molar-refractivity contribution in [2.75, 3.05) is 0 Å². The Hall–Kier alpha value is -2.76. The summed E-state index contributed by atoms with van der Waals surface area (Å²) in [6, 6.07) is 9.27. The lowest BCUT2D eigenvalue weighted by atomic mass is 10.2. The third-order valence-electron chi connectivity index (χ3n) is 2.82. The normalized spacial score (nSPS) is 10.8. The molecule has 2 heterocycles. The van der Waals surface area contributed by atoms with Gasteiger partial charge in [0.05, 0.1) is 16.9 Å². The molecule has 0 spiro atoms. The molecule has 6 nitrogen and oxygen atoms in total. The highest BCUT2D eigenvalue weighted by atomic mass is 16.4. The van der Waals surface area contributed by atoms with Crippen LogP contribution in [0.2, 0.25) is 0 Å². The molecule has 0 aliphatic heterocycles. The van der Waals surface area contributed by atoms with Gasteiger partial charge in [0.2, 0.25) is 0 Å². The third-order valence-corrected chi connectivity index (χ3v) is 2.82. The number of fused-ring (bicyclic) bond motifs is 1. The molecule has 3 aromatic rings. The molecule has 0 saturated heterocycles. The van der Waals surface area contributed by atoms with Crippen LogP contribution in [0, 0.1) is 6.92 Å². The van der Waals surface area contributed by atoms with Crippen LogP contribution in [0.15, 0.2) is 36.5 Å². The Balaban J connectivity index is 2.25. The second kappa shape index (κ2) is 4.16. The first-order valence-corrected chi connectivity index (χ1v) is 5.68. The summed E-state index contributed by atoms with van der Waals surface area (Å²) in [5.74, 6) is -1.08. The molecule has 3 rings (SSSR count). The van der Waals surface area contributed by atoms with Crippen molar-refractivity contribution < 1.29 is 9.90 Å². The maximum Gasteiger partial charge on any atom is 0.358 e. The minimum absolute atomic E-state index is 0.0408. The quantitative estimate of drug-likeness (QED) is 0.754. The number of carbonyl (C=O) groups is 1. The molecule has 0 saturated carbocycles. The van der Waals surface area contributed by atoms with Gasteiger partial charge < -0.3 is 5.11 Å². The fraction of sp³-hybridized carbons (Fsp3) is 0.0769. The number of hydrogen-bond donors (Lipinski definition) is 1. The van der Waals surface area contributed by atoms with E-state index in [1.807, 2.05) is 30.3 Å². The minimum atomic E-state index is -1.08. The van der Waals surface area contributed by atoms with Crippen LogP contribution in [0.1, 0.15) is 16.2 Å². The van der Waals surface area contributed by atoms with Gasteiger partial charge in [-0.05, 0) is 31.2 Å². The van der Waals surface area contributed by atoms with E-state index in [4.69, 9.17) is 5.11 Å². The highest BCUT2D eigenvalue weighted by Gasteiger charge is 2.15. The Kier molecular flexibility index (Phi) is 2.49. The van der Waals surface area contributed by atoms with E-state index < -0.39 is 5.97 Å². The number of aromatic carboxylic acids is 1. The van der Waals surface area contributed by atoms with Crippen LogP contribution in [-0.2, 0) is 0 Å². The zero-order valence-corrected chi connectivity index (χ0v) is 10.1. The topological polar surface area (TPSA) is 80.9 Å². The van der Waals surface area contributed by atoms with Gasteiger partial charge in [-0.25, -0.2) is 4.79 Å². The number of benzene rings is 1. The number of hydrogen-bond acceptors (Lipinski definition) is 4. The Morgan fingerprint density at radius 1 is 1.21 bits per heavy atom. The lowest BCUT2D eigenvalue weighted by molar-refractivity contribution is 0.0689. The van der Waals surface area contributed by atoms with Gasteiger partial charge in [-0.2, -0.15) is 5.10 Å². The average Bonchev–Trinajstić information content (AvgIpc) is 2.80. The molecule has 0 bridgehead atoms. The first-order valence-electron chi connectivity index (χ1n) is 5.68. The smallest absolute Gasteiger partial charge is 0.358 e. The highest BCUT2D eigenvalue weighted by Crippen LogP contribution is 2.19. The Morgan fingerprint density at radius 2 is 2.05 bits per heavy atom.